The van der Waals surface area contributed by atoms with Crippen molar-refractivity contribution in [2.75, 3.05) is 6.54 Å². The van der Waals surface area contributed by atoms with Crippen molar-refractivity contribution >= 4 is 0 Å². The number of rotatable bonds is 5. The van der Waals surface area contributed by atoms with Gasteiger partial charge in [-0.1, -0.05) is 94.4 Å². The van der Waals surface area contributed by atoms with Crippen molar-refractivity contribution < 1.29 is 0 Å². The molecule has 3 aromatic rings. The predicted octanol–water partition coefficient (Wildman–Crippen LogP) is 6.09. The van der Waals surface area contributed by atoms with E-state index < -0.39 is 0 Å². The molecule has 0 aliphatic rings. The average molecular weight is 349 g/mol. The van der Waals surface area contributed by atoms with Gasteiger partial charge in [-0.25, -0.2) is 0 Å². The van der Waals surface area contributed by atoms with Crippen molar-refractivity contribution in [1.29, 1.82) is 0 Å². The summed E-state index contributed by atoms with van der Waals surface area (Å²) in [5.41, 5.74) is 10.6. The minimum atomic E-state index is 0.316. The maximum absolute atomic E-state index is 5.95. The van der Waals surface area contributed by atoms with E-state index in [1.54, 1.807) is 0 Å². The molecule has 0 radical (unpaired) electrons. The summed E-state index contributed by atoms with van der Waals surface area (Å²) < 4.78 is 0. The van der Waals surface area contributed by atoms with Crippen LogP contribution >= 0.6 is 0 Å². The lowest BCUT2D eigenvalue weighted by Crippen LogP contribution is -2.15. The Kier molecular flexibility index (Phi) is 10.7. The molecule has 0 amide bonds. The number of nitrogens with zero attached hydrogens (tertiary/aromatic N) is 1. The van der Waals surface area contributed by atoms with Gasteiger partial charge >= 0.3 is 0 Å². The third kappa shape index (κ3) is 6.45. The molecule has 1 aromatic heterocycles. The van der Waals surface area contributed by atoms with E-state index in [9.17, 15) is 0 Å². The quantitative estimate of drug-likeness (QED) is 0.606. The molecule has 3 rings (SSSR count). The van der Waals surface area contributed by atoms with Crippen molar-refractivity contribution in [3.8, 4) is 11.1 Å². The fourth-order valence-corrected chi connectivity index (χ4v) is 2.66. The first-order valence-electron chi connectivity index (χ1n) is 9.62. The molecule has 2 nitrogen and oxygen atoms in total. The van der Waals surface area contributed by atoms with Crippen molar-refractivity contribution in [2.45, 2.75) is 40.0 Å². The zero-order valence-electron chi connectivity index (χ0n) is 16.5. The van der Waals surface area contributed by atoms with Crippen LogP contribution in [0.4, 0.5) is 0 Å². The summed E-state index contributed by atoms with van der Waals surface area (Å²) in [6.07, 6.45) is 2.82. The van der Waals surface area contributed by atoms with Gasteiger partial charge in [0.1, 0.15) is 0 Å². The monoisotopic (exact) mass is 348 g/mol. The van der Waals surface area contributed by atoms with Crippen LogP contribution in [0.5, 0.6) is 0 Å². The van der Waals surface area contributed by atoms with Gasteiger partial charge in [-0.05, 0) is 30.2 Å². The smallest absolute Gasteiger partial charge is 0.0410 e. The topological polar surface area (TPSA) is 38.9 Å². The van der Waals surface area contributed by atoms with Crippen LogP contribution in [0.25, 0.3) is 11.1 Å². The second-order valence-electron chi connectivity index (χ2n) is 5.45. The summed E-state index contributed by atoms with van der Waals surface area (Å²) in [5, 5.41) is 0. The third-order valence-electron chi connectivity index (χ3n) is 3.94. The molecule has 1 heterocycles. The van der Waals surface area contributed by atoms with Gasteiger partial charge < -0.3 is 5.73 Å². The van der Waals surface area contributed by atoms with Crippen molar-refractivity contribution in [1.82, 2.24) is 4.98 Å². The fourth-order valence-electron chi connectivity index (χ4n) is 2.66. The summed E-state index contributed by atoms with van der Waals surface area (Å²) >= 11 is 0. The van der Waals surface area contributed by atoms with Gasteiger partial charge in [0, 0.05) is 23.4 Å². The molecule has 138 valence electrons. The molecule has 1 unspecified atom stereocenters. The zero-order chi connectivity index (χ0) is 19.2. The first kappa shape index (κ1) is 21.6. The standard InChI is InChI=1S/C20H20N2.2C2H6/c21-14-19(17-9-5-2-6-10-17)13-20-12-11-18(15-22-20)16-7-3-1-4-8-16;2*1-2/h1-12,15,19H,13-14,21H2;2*1-2H3. The van der Waals surface area contributed by atoms with Gasteiger partial charge in [0.2, 0.25) is 0 Å². The van der Waals surface area contributed by atoms with Crippen LogP contribution in [-0.4, -0.2) is 11.5 Å². The zero-order valence-corrected chi connectivity index (χ0v) is 16.5. The Morgan fingerprint density at radius 1 is 0.731 bits per heavy atom. The molecule has 2 heteroatoms. The van der Waals surface area contributed by atoms with Gasteiger partial charge in [0.05, 0.1) is 0 Å². The van der Waals surface area contributed by atoms with Gasteiger partial charge in [0.25, 0.3) is 0 Å². The van der Waals surface area contributed by atoms with E-state index in [-0.39, 0.29) is 0 Å². The molecular formula is C24H32N2. The highest BCUT2D eigenvalue weighted by Gasteiger charge is 2.11. The lowest BCUT2D eigenvalue weighted by atomic mass is 9.94. The maximum Gasteiger partial charge on any atom is 0.0410 e. The predicted molar refractivity (Wildman–Crippen MR) is 114 cm³/mol. The van der Waals surface area contributed by atoms with E-state index in [4.69, 9.17) is 5.73 Å². The molecule has 0 aliphatic carbocycles. The number of pyridine rings is 1. The van der Waals surface area contributed by atoms with E-state index in [0.717, 1.165) is 17.7 Å². The summed E-state index contributed by atoms with van der Waals surface area (Å²) in [5.74, 6) is 0.316. The molecular weight excluding hydrogens is 316 g/mol. The van der Waals surface area contributed by atoms with E-state index in [2.05, 4.69) is 53.5 Å². The molecule has 0 saturated heterocycles. The summed E-state index contributed by atoms with van der Waals surface area (Å²) in [6.45, 7) is 8.63. The molecule has 0 saturated carbocycles. The van der Waals surface area contributed by atoms with Gasteiger partial charge in [-0.15, -0.1) is 0 Å². The van der Waals surface area contributed by atoms with Crippen molar-refractivity contribution in [3.63, 3.8) is 0 Å². The van der Waals surface area contributed by atoms with E-state index in [0.29, 0.717) is 12.5 Å². The van der Waals surface area contributed by atoms with Crippen molar-refractivity contribution in [3.05, 3.63) is 90.3 Å². The van der Waals surface area contributed by atoms with E-state index in [1.807, 2.05) is 58.2 Å². The van der Waals surface area contributed by atoms with Crippen LogP contribution in [0.2, 0.25) is 0 Å². The second-order valence-corrected chi connectivity index (χ2v) is 5.45. The fraction of sp³-hybridized carbons (Fsp3) is 0.292. The van der Waals surface area contributed by atoms with E-state index in [1.165, 1.54) is 11.1 Å². The Balaban J connectivity index is 0.000000791. The molecule has 26 heavy (non-hydrogen) atoms. The molecule has 0 fully saturated rings. The number of aromatic nitrogens is 1. The molecule has 2 N–H and O–H groups in total. The maximum atomic E-state index is 5.95. The van der Waals surface area contributed by atoms with Crippen LogP contribution in [0.1, 0.15) is 44.9 Å². The molecule has 0 bridgehead atoms. The molecule has 2 aromatic carbocycles. The van der Waals surface area contributed by atoms with Crippen molar-refractivity contribution in [2.24, 2.45) is 5.73 Å². The summed E-state index contributed by atoms with van der Waals surface area (Å²) in [7, 11) is 0. The van der Waals surface area contributed by atoms with Gasteiger partial charge in [-0.2, -0.15) is 0 Å². The molecule has 1 atom stereocenters. The first-order chi connectivity index (χ1) is 12.9. The van der Waals surface area contributed by atoms with Crippen LogP contribution in [0.15, 0.2) is 79.0 Å². The minimum Gasteiger partial charge on any atom is -0.330 e. The third-order valence-corrected chi connectivity index (χ3v) is 3.94. The summed E-state index contributed by atoms with van der Waals surface area (Å²) in [6, 6.07) is 25.0. The Bertz CT molecular complexity index is 691. The number of hydrogen-bond donors (Lipinski definition) is 1. The number of hydrogen-bond acceptors (Lipinski definition) is 2. The number of benzene rings is 2. The SMILES string of the molecule is CC.CC.NCC(Cc1ccc(-c2ccccc2)cn1)c1ccccc1. The lowest BCUT2D eigenvalue weighted by Gasteiger charge is -2.15. The number of nitrogens with two attached hydrogens (primary N) is 1. The van der Waals surface area contributed by atoms with Crippen LogP contribution in [0.3, 0.4) is 0 Å². The van der Waals surface area contributed by atoms with Gasteiger partial charge in [-0.3, -0.25) is 4.98 Å². The Morgan fingerprint density at radius 2 is 1.31 bits per heavy atom. The van der Waals surface area contributed by atoms with E-state index >= 15 is 0 Å². The summed E-state index contributed by atoms with van der Waals surface area (Å²) in [4.78, 5) is 4.61. The highest BCUT2D eigenvalue weighted by atomic mass is 14.7. The highest BCUT2D eigenvalue weighted by molar-refractivity contribution is 5.62. The molecule has 0 aliphatic heterocycles. The largest absolute Gasteiger partial charge is 0.330 e. The van der Waals surface area contributed by atoms with Crippen LogP contribution in [0, 0.1) is 0 Å². The van der Waals surface area contributed by atoms with Crippen LogP contribution < -0.4 is 5.73 Å². The normalized spacial score (nSPS) is 10.7. The molecule has 0 spiro atoms. The first-order valence-corrected chi connectivity index (χ1v) is 9.62. The minimum absolute atomic E-state index is 0.316. The Morgan fingerprint density at radius 3 is 1.81 bits per heavy atom. The Hall–Kier alpha value is -2.45. The lowest BCUT2D eigenvalue weighted by molar-refractivity contribution is 0.682. The van der Waals surface area contributed by atoms with Gasteiger partial charge in [0.15, 0.2) is 0 Å². The average Bonchev–Trinajstić information content (AvgIpc) is 2.76. The van der Waals surface area contributed by atoms with Crippen LogP contribution in [-0.2, 0) is 6.42 Å². The second kappa shape index (κ2) is 12.8. The highest BCUT2D eigenvalue weighted by Crippen LogP contribution is 2.21. The Labute approximate surface area is 159 Å².